The molecule has 0 atom stereocenters. The lowest BCUT2D eigenvalue weighted by molar-refractivity contribution is 0.620. The Morgan fingerprint density at radius 3 is 1.87 bits per heavy atom. The standard InChI is InChI=1S/C49H29N3O3/c1-3-14-30(15-4-1)49-50-45-44(55-49)29-38-36-20-9-12-25-43(36)54-48(38)46(45)52(40-23-13-21-37-35-19-8-11-24-42(35)53-47(37)40)32-26-27-34-33-18-7-10-22-39(33)51(41(34)28-32)31-16-5-2-6-17-31/h1-29H. The Labute approximate surface area is 313 Å². The van der Waals surface area contributed by atoms with Gasteiger partial charge in [0, 0.05) is 49.3 Å². The van der Waals surface area contributed by atoms with Crippen molar-refractivity contribution in [3.63, 3.8) is 0 Å². The fourth-order valence-electron chi connectivity index (χ4n) is 8.38. The molecule has 0 aliphatic rings. The van der Waals surface area contributed by atoms with Gasteiger partial charge in [0.15, 0.2) is 16.7 Å². The average Bonchev–Trinajstić information content (AvgIpc) is 4.02. The summed E-state index contributed by atoms with van der Waals surface area (Å²) < 4.78 is 22.6. The normalized spacial score (nSPS) is 12.0. The molecule has 0 aliphatic heterocycles. The molecule has 0 unspecified atom stereocenters. The van der Waals surface area contributed by atoms with Crippen LogP contribution in [0.1, 0.15) is 0 Å². The van der Waals surface area contributed by atoms with E-state index in [0.717, 1.165) is 83.0 Å². The molecule has 0 fully saturated rings. The summed E-state index contributed by atoms with van der Waals surface area (Å²) in [5, 5.41) is 6.36. The van der Waals surface area contributed by atoms with E-state index in [1.807, 2.05) is 60.7 Å². The van der Waals surface area contributed by atoms with Gasteiger partial charge in [0.25, 0.3) is 0 Å². The van der Waals surface area contributed by atoms with Crippen molar-refractivity contribution in [1.82, 2.24) is 9.55 Å². The monoisotopic (exact) mass is 707 g/mol. The van der Waals surface area contributed by atoms with Crippen LogP contribution in [0.4, 0.5) is 17.1 Å². The molecule has 258 valence electrons. The number of aromatic nitrogens is 2. The Morgan fingerprint density at radius 1 is 0.436 bits per heavy atom. The highest BCUT2D eigenvalue weighted by Crippen LogP contribution is 2.50. The largest absolute Gasteiger partial charge is 0.454 e. The van der Waals surface area contributed by atoms with E-state index in [2.05, 4.69) is 125 Å². The minimum atomic E-state index is 0.537. The van der Waals surface area contributed by atoms with Crippen LogP contribution in [0, 0.1) is 0 Å². The number of fused-ring (bicyclic) bond motifs is 10. The van der Waals surface area contributed by atoms with E-state index in [4.69, 9.17) is 18.2 Å². The minimum absolute atomic E-state index is 0.537. The minimum Gasteiger partial charge on any atom is -0.454 e. The van der Waals surface area contributed by atoms with Crippen LogP contribution in [0.15, 0.2) is 189 Å². The first-order valence-electron chi connectivity index (χ1n) is 18.4. The zero-order valence-corrected chi connectivity index (χ0v) is 29.3. The SMILES string of the molecule is c1ccc(-c2nc3c(N(c4ccc5c6ccccc6n(-c6ccccc6)c5c4)c4cccc5c4oc4ccccc45)c4oc5ccccc5c4cc3o2)cc1. The maximum Gasteiger partial charge on any atom is 0.227 e. The zero-order valence-electron chi connectivity index (χ0n) is 29.3. The Hall–Kier alpha value is -7.57. The van der Waals surface area contributed by atoms with E-state index in [-0.39, 0.29) is 0 Å². The van der Waals surface area contributed by atoms with Crippen LogP contribution in [-0.2, 0) is 0 Å². The average molecular weight is 708 g/mol. The van der Waals surface area contributed by atoms with Gasteiger partial charge in [-0.15, -0.1) is 0 Å². The van der Waals surface area contributed by atoms with Gasteiger partial charge in [0.1, 0.15) is 22.4 Å². The first-order valence-corrected chi connectivity index (χ1v) is 18.4. The second kappa shape index (κ2) is 11.5. The van der Waals surface area contributed by atoms with Crippen LogP contribution in [0.2, 0.25) is 0 Å². The Balaban J connectivity index is 1.24. The molecule has 4 aromatic heterocycles. The van der Waals surface area contributed by atoms with Crippen LogP contribution in [0.25, 0.3) is 93.9 Å². The maximum absolute atomic E-state index is 6.87. The summed E-state index contributed by atoms with van der Waals surface area (Å²) in [5.74, 6) is 0.537. The molecule has 0 radical (unpaired) electrons. The van der Waals surface area contributed by atoms with Crippen molar-refractivity contribution in [1.29, 1.82) is 0 Å². The molecule has 0 amide bonds. The van der Waals surface area contributed by atoms with Crippen molar-refractivity contribution in [3.05, 3.63) is 176 Å². The van der Waals surface area contributed by atoms with Gasteiger partial charge in [0.05, 0.1) is 16.7 Å². The first kappa shape index (κ1) is 29.9. The second-order valence-electron chi connectivity index (χ2n) is 13.9. The molecule has 6 nitrogen and oxygen atoms in total. The molecule has 0 N–H and O–H groups in total. The van der Waals surface area contributed by atoms with E-state index in [1.165, 1.54) is 5.39 Å². The molecule has 12 rings (SSSR count). The zero-order chi connectivity index (χ0) is 36.0. The molecule has 6 heteroatoms. The van der Waals surface area contributed by atoms with Gasteiger partial charge < -0.3 is 22.7 Å². The van der Waals surface area contributed by atoms with E-state index in [9.17, 15) is 0 Å². The fourth-order valence-corrected chi connectivity index (χ4v) is 8.38. The van der Waals surface area contributed by atoms with Crippen LogP contribution in [0.3, 0.4) is 0 Å². The van der Waals surface area contributed by atoms with Gasteiger partial charge in [-0.2, -0.15) is 0 Å². The quantitative estimate of drug-likeness (QED) is 0.178. The maximum atomic E-state index is 6.87. The lowest BCUT2D eigenvalue weighted by Gasteiger charge is -2.26. The molecule has 0 bridgehead atoms. The number of hydrogen-bond acceptors (Lipinski definition) is 5. The van der Waals surface area contributed by atoms with Gasteiger partial charge >= 0.3 is 0 Å². The van der Waals surface area contributed by atoms with Crippen LogP contribution in [0.5, 0.6) is 0 Å². The molecule has 0 saturated heterocycles. The molecule has 0 saturated carbocycles. The number of rotatable bonds is 5. The van der Waals surface area contributed by atoms with Crippen LogP contribution in [-0.4, -0.2) is 9.55 Å². The van der Waals surface area contributed by atoms with Gasteiger partial charge in [-0.3, -0.25) is 0 Å². The van der Waals surface area contributed by atoms with Crippen LogP contribution >= 0.6 is 0 Å². The van der Waals surface area contributed by atoms with Crippen molar-refractivity contribution in [2.45, 2.75) is 0 Å². The van der Waals surface area contributed by atoms with E-state index in [1.54, 1.807) is 0 Å². The molecule has 8 aromatic carbocycles. The van der Waals surface area contributed by atoms with Crippen molar-refractivity contribution >= 4 is 93.8 Å². The summed E-state index contributed by atoms with van der Waals surface area (Å²) in [4.78, 5) is 7.51. The number of nitrogens with zero attached hydrogens (tertiary/aromatic N) is 3. The van der Waals surface area contributed by atoms with E-state index < -0.39 is 0 Å². The summed E-state index contributed by atoms with van der Waals surface area (Å²) in [7, 11) is 0. The number of hydrogen-bond donors (Lipinski definition) is 0. The Bertz CT molecular complexity index is 3440. The van der Waals surface area contributed by atoms with E-state index in [0.29, 0.717) is 22.6 Å². The van der Waals surface area contributed by atoms with Crippen molar-refractivity contribution in [3.8, 4) is 17.1 Å². The molecule has 12 aromatic rings. The van der Waals surface area contributed by atoms with Crippen molar-refractivity contribution < 1.29 is 13.3 Å². The number of benzene rings is 8. The van der Waals surface area contributed by atoms with Gasteiger partial charge in [-0.1, -0.05) is 109 Å². The third-order valence-electron chi connectivity index (χ3n) is 10.8. The highest BCUT2D eigenvalue weighted by molar-refractivity contribution is 6.20. The number of oxazole rings is 1. The summed E-state index contributed by atoms with van der Waals surface area (Å²) in [5.41, 5.74) is 11.2. The topological polar surface area (TPSA) is 60.5 Å². The number of furan rings is 2. The lowest BCUT2D eigenvalue weighted by atomic mass is 10.1. The van der Waals surface area contributed by atoms with Crippen molar-refractivity contribution in [2.75, 3.05) is 4.90 Å². The Kier molecular flexibility index (Phi) is 6.24. The summed E-state index contributed by atoms with van der Waals surface area (Å²) >= 11 is 0. The molecule has 0 aliphatic carbocycles. The Morgan fingerprint density at radius 2 is 1.07 bits per heavy atom. The highest BCUT2D eigenvalue weighted by atomic mass is 16.4. The molecule has 4 heterocycles. The third-order valence-corrected chi connectivity index (χ3v) is 10.8. The number of anilines is 3. The first-order chi connectivity index (χ1) is 27.3. The summed E-state index contributed by atoms with van der Waals surface area (Å²) in [6.07, 6.45) is 0. The summed E-state index contributed by atoms with van der Waals surface area (Å²) in [6.45, 7) is 0. The second-order valence-corrected chi connectivity index (χ2v) is 13.9. The molecular formula is C49H29N3O3. The predicted molar refractivity (Wildman–Crippen MR) is 223 cm³/mol. The third kappa shape index (κ3) is 4.39. The van der Waals surface area contributed by atoms with Gasteiger partial charge in [0.2, 0.25) is 5.89 Å². The van der Waals surface area contributed by atoms with Crippen molar-refractivity contribution in [2.24, 2.45) is 0 Å². The molecular weight excluding hydrogens is 679 g/mol. The van der Waals surface area contributed by atoms with E-state index >= 15 is 0 Å². The predicted octanol–water partition coefficient (Wildman–Crippen LogP) is 13.9. The summed E-state index contributed by atoms with van der Waals surface area (Å²) in [6, 6.07) is 60.6. The molecule has 0 spiro atoms. The smallest absolute Gasteiger partial charge is 0.227 e. The fraction of sp³-hybridized carbons (Fsp3) is 0. The lowest BCUT2D eigenvalue weighted by Crippen LogP contribution is -2.11. The highest BCUT2D eigenvalue weighted by Gasteiger charge is 2.29. The molecule has 55 heavy (non-hydrogen) atoms. The number of para-hydroxylation sites is 5. The van der Waals surface area contributed by atoms with Gasteiger partial charge in [-0.05, 0) is 66.7 Å². The van der Waals surface area contributed by atoms with Gasteiger partial charge in [-0.25, -0.2) is 4.98 Å². The van der Waals surface area contributed by atoms with Crippen LogP contribution < -0.4 is 4.90 Å².